The van der Waals surface area contributed by atoms with Crippen molar-refractivity contribution in [1.82, 2.24) is 14.4 Å². The molecule has 4 rings (SSSR count). The van der Waals surface area contributed by atoms with E-state index in [4.69, 9.17) is 12.2 Å². The van der Waals surface area contributed by atoms with Gasteiger partial charge in [-0.3, -0.25) is 19.1 Å². The number of amides is 1. The minimum atomic E-state index is -0.175. The summed E-state index contributed by atoms with van der Waals surface area (Å²) in [6, 6.07) is 8.05. The van der Waals surface area contributed by atoms with Gasteiger partial charge in [0.1, 0.15) is 19.9 Å². The SMILES string of the molecule is C=CCn1c(=O)/c(=C2\Sc3ccccc3N2C)s/c1=C1/C(=O)N(CC)C(=S)N1C. The van der Waals surface area contributed by atoms with E-state index < -0.39 is 0 Å². The van der Waals surface area contributed by atoms with Crippen molar-refractivity contribution in [1.29, 1.82) is 0 Å². The van der Waals surface area contributed by atoms with Crippen molar-refractivity contribution in [2.75, 3.05) is 25.5 Å². The van der Waals surface area contributed by atoms with Crippen LogP contribution in [0.4, 0.5) is 5.69 Å². The number of carbonyl (C=O) groups is 1. The van der Waals surface area contributed by atoms with Gasteiger partial charge in [0.15, 0.2) is 5.11 Å². The summed E-state index contributed by atoms with van der Waals surface area (Å²) in [6.45, 7) is 6.47. The van der Waals surface area contributed by atoms with Crippen molar-refractivity contribution in [2.45, 2.75) is 18.4 Å². The predicted octanol–water partition coefficient (Wildman–Crippen LogP) is 1.59. The molecule has 1 aromatic carbocycles. The zero-order valence-electron chi connectivity index (χ0n) is 16.3. The van der Waals surface area contributed by atoms with Crippen LogP contribution in [-0.2, 0) is 11.3 Å². The van der Waals surface area contributed by atoms with E-state index in [0.29, 0.717) is 33.1 Å². The van der Waals surface area contributed by atoms with Crippen LogP contribution in [0.25, 0.3) is 10.7 Å². The number of thioether (sulfide) groups is 1. The summed E-state index contributed by atoms with van der Waals surface area (Å²) < 4.78 is 2.83. The van der Waals surface area contributed by atoms with Crippen molar-refractivity contribution in [2.24, 2.45) is 0 Å². The van der Waals surface area contributed by atoms with E-state index in [9.17, 15) is 9.59 Å². The number of benzene rings is 1. The van der Waals surface area contributed by atoms with Crippen LogP contribution in [-0.4, -0.2) is 46.0 Å². The molecule has 0 atom stereocenters. The molecule has 0 aliphatic carbocycles. The van der Waals surface area contributed by atoms with Crippen molar-refractivity contribution in [3.8, 4) is 0 Å². The van der Waals surface area contributed by atoms with Gasteiger partial charge in [0, 0.05) is 32.1 Å². The van der Waals surface area contributed by atoms with E-state index >= 15 is 0 Å². The summed E-state index contributed by atoms with van der Waals surface area (Å²) in [5.41, 5.74) is 1.38. The lowest BCUT2D eigenvalue weighted by Crippen LogP contribution is -2.35. The number of para-hydroxylation sites is 1. The third-order valence-electron chi connectivity index (χ3n) is 4.95. The number of hydrogen-bond acceptors (Lipinski definition) is 6. The molecule has 9 heteroatoms. The number of likely N-dealkylation sites (N-methyl/N-ethyl adjacent to an activating group) is 2. The van der Waals surface area contributed by atoms with Crippen molar-refractivity contribution in [3.63, 3.8) is 0 Å². The van der Waals surface area contributed by atoms with Gasteiger partial charge in [-0.2, -0.15) is 0 Å². The molecule has 0 bridgehead atoms. The first-order chi connectivity index (χ1) is 13.9. The minimum absolute atomic E-state index is 0.123. The van der Waals surface area contributed by atoms with E-state index in [-0.39, 0.29) is 11.5 Å². The summed E-state index contributed by atoms with van der Waals surface area (Å²) in [7, 11) is 3.73. The summed E-state index contributed by atoms with van der Waals surface area (Å²) >= 11 is 8.33. The Hall–Kier alpha value is -2.36. The molecule has 150 valence electrons. The summed E-state index contributed by atoms with van der Waals surface area (Å²) in [6.07, 6.45) is 1.67. The maximum atomic E-state index is 13.3. The topological polar surface area (TPSA) is 48.8 Å². The molecule has 6 nitrogen and oxygen atoms in total. The van der Waals surface area contributed by atoms with Crippen LogP contribution >= 0.6 is 35.3 Å². The fourth-order valence-electron chi connectivity index (χ4n) is 3.47. The van der Waals surface area contributed by atoms with E-state index in [1.165, 1.54) is 11.3 Å². The molecule has 0 N–H and O–H groups in total. The number of fused-ring (bicyclic) bond motifs is 1. The number of carbonyl (C=O) groups excluding carboxylic acids is 1. The first-order valence-corrected chi connectivity index (χ1v) is 11.1. The molecule has 1 amide bonds. The minimum Gasteiger partial charge on any atom is -0.337 e. The van der Waals surface area contributed by atoms with E-state index in [2.05, 4.69) is 6.58 Å². The molecule has 1 fully saturated rings. The normalized spacial score (nSPS) is 20.0. The van der Waals surface area contributed by atoms with Gasteiger partial charge in [0.25, 0.3) is 11.5 Å². The van der Waals surface area contributed by atoms with Crippen LogP contribution in [0.15, 0.2) is 46.6 Å². The number of allylic oxidation sites excluding steroid dienone is 1. The van der Waals surface area contributed by atoms with Gasteiger partial charge in [-0.05, 0) is 31.3 Å². The number of thiocarbonyl (C=S) groups is 1. The number of aromatic nitrogens is 1. The maximum absolute atomic E-state index is 13.3. The van der Waals surface area contributed by atoms with Crippen LogP contribution in [0.1, 0.15) is 6.92 Å². The number of anilines is 1. The Morgan fingerprint density at radius 2 is 1.90 bits per heavy atom. The summed E-state index contributed by atoms with van der Waals surface area (Å²) in [5, 5.41) is 1.32. The van der Waals surface area contributed by atoms with E-state index in [1.807, 2.05) is 43.1 Å². The van der Waals surface area contributed by atoms with E-state index in [0.717, 1.165) is 15.6 Å². The molecule has 2 aromatic rings. The molecule has 29 heavy (non-hydrogen) atoms. The van der Waals surface area contributed by atoms with Crippen molar-refractivity contribution >= 4 is 62.7 Å². The molecule has 0 saturated carbocycles. The molecule has 2 aliphatic heterocycles. The lowest BCUT2D eigenvalue weighted by molar-refractivity contribution is -0.120. The highest BCUT2D eigenvalue weighted by molar-refractivity contribution is 8.08. The van der Waals surface area contributed by atoms with Crippen LogP contribution in [0.2, 0.25) is 0 Å². The molecule has 0 unspecified atom stereocenters. The smallest absolute Gasteiger partial charge is 0.279 e. The molecule has 1 saturated heterocycles. The van der Waals surface area contributed by atoms with Crippen molar-refractivity contribution < 1.29 is 4.79 Å². The first-order valence-electron chi connectivity index (χ1n) is 9.10. The standard InChI is InChI=1S/C20H20N4O2S3/c1-5-11-24-17(26)15(19-21(3)12-9-7-8-10-13(12)28-19)29-18(24)14-16(25)23(6-2)20(27)22(14)4/h5,7-10H,1,6,11H2,2-4H3/b18-14-,19-15+. The predicted molar refractivity (Wildman–Crippen MR) is 123 cm³/mol. The van der Waals surface area contributed by atoms with Gasteiger partial charge in [-0.15, -0.1) is 17.9 Å². The summed E-state index contributed by atoms with van der Waals surface area (Å²) in [4.78, 5) is 32.7. The highest BCUT2D eigenvalue weighted by Gasteiger charge is 2.36. The molecular weight excluding hydrogens is 424 g/mol. The second-order valence-corrected chi connectivity index (χ2v) is 9.01. The zero-order chi connectivity index (χ0) is 20.9. The Morgan fingerprint density at radius 1 is 1.17 bits per heavy atom. The summed E-state index contributed by atoms with van der Waals surface area (Å²) in [5.74, 6) is -0.175. The van der Waals surface area contributed by atoms with Gasteiger partial charge in [-0.1, -0.05) is 30.0 Å². The van der Waals surface area contributed by atoms with Gasteiger partial charge >= 0.3 is 0 Å². The second kappa shape index (κ2) is 7.47. The second-order valence-electron chi connectivity index (χ2n) is 6.61. The molecule has 1 aromatic heterocycles. The van der Waals surface area contributed by atoms with Gasteiger partial charge in [0.2, 0.25) is 0 Å². The maximum Gasteiger partial charge on any atom is 0.279 e. The first kappa shape index (κ1) is 19.9. The average Bonchev–Trinajstić information content (AvgIpc) is 3.28. The number of hydrogen-bond donors (Lipinski definition) is 0. The third-order valence-corrected chi connectivity index (χ3v) is 7.99. The fraction of sp³-hybridized carbons (Fsp3) is 0.250. The third kappa shape index (κ3) is 2.95. The van der Waals surface area contributed by atoms with Crippen LogP contribution in [0.5, 0.6) is 0 Å². The van der Waals surface area contributed by atoms with Gasteiger partial charge in [0.05, 0.1) is 5.69 Å². The molecule has 0 spiro atoms. The quantitative estimate of drug-likeness (QED) is 0.529. The molecule has 3 heterocycles. The Bertz CT molecular complexity index is 1230. The largest absolute Gasteiger partial charge is 0.337 e. The van der Waals surface area contributed by atoms with Crippen LogP contribution < -0.4 is 19.7 Å². The van der Waals surface area contributed by atoms with Gasteiger partial charge in [-0.25, -0.2) is 0 Å². The molecular formula is C20H20N4O2S3. The monoisotopic (exact) mass is 444 g/mol. The highest BCUT2D eigenvalue weighted by Crippen LogP contribution is 2.44. The average molecular weight is 445 g/mol. The number of nitrogens with zero attached hydrogens (tertiary/aromatic N) is 4. The molecule has 2 aliphatic rings. The Balaban J connectivity index is 2.03. The number of rotatable bonds is 3. The van der Waals surface area contributed by atoms with Crippen LogP contribution in [0.3, 0.4) is 0 Å². The Kier molecular flexibility index (Phi) is 5.14. The lowest BCUT2D eigenvalue weighted by atomic mass is 10.3. The lowest BCUT2D eigenvalue weighted by Gasteiger charge is -2.13. The highest BCUT2D eigenvalue weighted by atomic mass is 32.2. The van der Waals surface area contributed by atoms with E-state index in [1.54, 1.807) is 39.3 Å². The Labute approximate surface area is 182 Å². The van der Waals surface area contributed by atoms with Crippen LogP contribution in [0, 0.1) is 0 Å². The van der Waals surface area contributed by atoms with Crippen molar-refractivity contribution in [3.05, 3.63) is 56.5 Å². The number of thiazole rings is 1. The Morgan fingerprint density at radius 3 is 2.52 bits per heavy atom. The fourth-order valence-corrected chi connectivity index (χ4v) is 6.30. The molecule has 0 radical (unpaired) electrons. The van der Waals surface area contributed by atoms with Gasteiger partial charge < -0.3 is 9.80 Å². The zero-order valence-corrected chi connectivity index (χ0v) is 18.8.